The van der Waals surface area contributed by atoms with Gasteiger partial charge in [-0.25, -0.2) is 18.7 Å². The van der Waals surface area contributed by atoms with Gasteiger partial charge in [0.25, 0.3) is 0 Å². The number of hydrogen-bond donors (Lipinski definition) is 1. The van der Waals surface area contributed by atoms with Gasteiger partial charge in [-0.3, -0.25) is 4.79 Å². The quantitative estimate of drug-likeness (QED) is 0.527. The fourth-order valence-electron chi connectivity index (χ4n) is 2.88. The second-order valence-electron chi connectivity index (χ2n) is 6.28. The van der Waals surface area contributed by atoms with E-state index >= 15 is 0 Å². The van der Waals surface area contributed by atoms with E-state index in [9.17, 15) is 13.6 Å². The molecule has 0 atom stereocenters. The van der Waals surface area contributed by atoms with Crippen LogP contribution in [-0.4, -0.2) is 20.4 Å². The van der Waals surface area contributed by atoms with Crippen LogP contribution < -0.4 is 5.32 Å². The molecule has 6 nitrogen and oxygen atoms in total. The number of halogens is 2. The number of amides is 1. The zero-order chi connectivity index (χ0) is 20.2. The molecule has 2 aromatic heterocycles. The molecule has 4 aromatic rings. The third-order valence-electron chi connectivity index (χ3n) is 4.28. The Balaban J connectivity index is 1.41. The van der Waals surface area contributed by atoms with E-state index in [1.807, 2.05) is 18.2 Å². The highest BCUT2D eigenvalue weighted by Crippen LogP contribution is 2.25. The SMILES string of the molecule is O=C(CCc1ncc(-c2ccc(F)cc2F)o1)Nc1ccccc1-n1ccnc1. The summed E-state index contributed by atoms with van der Waals surface area (Å²) in [4.78, 5) is 20.5. The molecule has 2 aromatic carbocycles. The Morgan fingerprint density at radius 1 is 1.17 bits per heavy atom. The van der Waals surface area contributed by atoms with Gasteiger partial charge in [-0.1, -0.05) is 12.1 Å². The number of hydrogen-bond acceptors (Lipinski definition) is 4. The van der Waals surface area contributed by atoms with Gasteiger partial charge < -0.3 is 14.3 Å². The van der Waals surface area contributed by atoms with Crippen LogP contribution in [0.2, 0.25) is 0 Å². The van der Waals surface area contributed by atoms with Gasteiger partial charge in [-0.05, 0) is 24.3 Å². The predicted molar refractivity (Wildman–Crippen MR) is 102 cm³/mol. The van der Waals surface area contributed by atoms with Gasteiger partial charge in [0.05, 0.1) is 29.5 Å². The number of nitrogens with one attached hydrogen (secondary N) is 1. The second kappa shape index (κ2) is 8.05. The van der Waals surface area contributed by atoms with Gasteiger partial charge in [0.15, 0.2) is 11.7 Å². The minimum absolute atomic E-state index is 0.115. The van der Waals surface area contributed by atoms with Crippen LogP contribution in [0, 0.1) is 11.6 Å². The maximum Gasteiger partial charge on any atom is 0.224 e. The lowest BCUT2D eigenvalue weighted by molar-refractivity contribution is -0.116. The fraction of sp³-hybridized carbons (Fsp3) is 0.0952. The molecule has 0 unspecified atom stereocenters. The average Bonchev–Trinajstić information content (AvgIpc) is 3.39. The Bertz CT molecular complexity index is 1140. The molecular weight excluding hydrogens is 378 g/mol. The van der Waals surface area contributed by atoms with Crippen LogP contribution in [0.3, 0.4) is 0 Å². The molecule has 0 saturated heterocycles. The van der Waals surface area contributed by atoms with Crippen molar-refractivity contribution in [3.05, 3.63) is 84.9 Å². The molecule has 8 heteroatoms. The molecule has 1 N–H and O–H groups in total. The lowest BCUT2D eigenvalue weighted by atomic mass is 10.2. The van der Waals surface area contributed by atoms with E-state index in [4.69, 9.17) is 4.42 Å². The molecule has 0 radical (unpaired) electrons. The number of anilines is 1. The Kier molecular flexibility index (Phi) is 5.15. The first kappa shape index (κ1) is 18.5. The van der Waals surface area contributed by atoms with Crippen molar-refractivity contribution in [2.24, 2.45) is 0 Å². The molecule has 0 saturated carbocycles. The molecule has 1 amide bonds. The number of benzene rings is 2. The summed E-state index contributed by atoms with van der Waals surface area (Å²) in [5.74, 6) is -1.14. The Morgan fingerprint density at radius 2 is 2.03 bits per heavy atom. The minimum atomic E-state index is -0.735. The van der Waals surface area contributed by atoms with Crippen molar-refractivity contribution in [1.82, 2.24) is 14.5 Å². The first-order valence-corrected chi connectivity index (χ1v) is 8.87. The third-order valence-corrected chi connectivity index (χ3v) is 4.28. The average molecular weight is 394 g/mol. The molecule has 0 aliphatic carbocycles. The van der Waals surface area contributed by atoms with E-state index < -0.39 is 11.6 Å². The number of para-hydroxylation sites is 2. The molecule has 0 aliphatic heterocycles. The van der Waals surface area contributed by atoms with Crippen LogP contribution in [0.4, 0.5) is 14.5 Å². The number of imidazole rings is 1. The predicted octanol–water partition coefficient (Wildman–Crippen LogP) is 4.38. The van der Waals surface area contributed by atoms with Gasteiger partial charge in [0.1, 0.15) is 11.6 Å². The molecule has 4 rings (SSSR count). The molecule has 0 bridgehead atoms. The number of aryl methyl sites for hydroxylation is 1. The Labute approximate surface area is 164 Å². The number of rotatable bonds is 6. The highest BCUT2D eigenvalue weighted by molar-refractivity contribution is 5.92. The van der Waals surface area contributed by atoms with Crippen LogP contribution in [-0.2, 0) is 11.2 Å². The van der Waals surface area contributed by atoms with Crippen molar-refractivity contribution < 1.29 is 18.0 Å². The zero-order valence-electron chi connectivity index (χ0n) is 15.2. The van der Waals surface area contributed by atoms with E-state index in [0.29, 0.717) is 11.6 Å². The first-order valence-electron chi connectivity index (χ1n) is 8.87. The molecule has 146 valence electrons. The molecule has 0 spiro atoms. The fourth-order valence-corrected chi connectivity index (χ4v) is 2.88. The summed E-state index contributed by atoms with van der Waals surface area (Å²) in [6.07, 6.45) is 6.81. The van der Waals surface area contributed by atoms with E-state index in [1.54, 1.807) is 29.4 Å². The highest BCUT2D eigenvalue weighted by Gasteiger charge is 2.14. The van der Waals surface area contributed by atoms with Crippen molar-refractivity contribution in [2.75, 3.05) is 5.32 Å². The van der Waals surface area contributed by atoms with Crippen LogP contribution in [0.15, 0.2) is 71.8 Å². The number of carbonyl (C=O) groups is 1. The van der Waals surface area contributed by atoms with Gasteiger partial charge in [0, 0.05) is 31.3 Å². The number of aromatic nitrogens is 3. The van der Waals surface area contributed by atoms with Crippen LogP contribution in [0.25, 0.3) is 17.0 Å². The molecule has 0 aliphatic rings. The second-order valence-corrected chi connectivity index (χ2v) is 6.28. The van der Waals surface area contributed by atoms with Crippen LogP contribution in [0.5, 0.6) is 0 Å². The van der Waals surface area contributed by atoms with Crippen molar-refractivity contribution >= 4 is 11.6 Å². The third kappa shape index (κ3) is 4.21. The summed E-state index contributed by atoms with van der Waals surface area (Å²) in [6.45, 7) is 0. The van der Waals surface area contributed by atoms with Crippen LogP contribution >= 0.6 is 0 Å². The lowest BCUT2D eigenvalue weighted by Gasteiger charge is -2.11. The Hall–Kier alpha value is -3.81. The monoisotopic (exact) mass is 394 g/mol. The van der Waals surface area contributed by atoms with Crippen molar-refractivity contribution in [1.29, 1.82) is 0 Å². The Morgan fingerprint density at radius 3 is 2.83 bits per heavy atom. The normalized spacial score (nSPS) is 10.8. The number of carbonyl (C=O) groups excluding carboxylic acids is 1. The zero-order valence-corrected chi connectivity index (χ0v) is 15.2. The standard InChI is InChI=1S/C21H16F2N4O2/c22-14-5-6-15(16(23)11-14)19-12-25-21(29-19)8-7-20(28)26-17-3-1-2-4-18(17)27-10-9-24-13-27/h1-6,9-13H,7-8H2,(H,26,28). The van der Waals surface area contributed by atoms with Gasteiger partial charge in [-0.2, -0.15) is 0 Å². The summed E-state index contributed by atoms with van der Waals surface area (Å²) < 4.78 is 34.2. The molecule has 2 heterocycles. The molecule has 29 heavy (non-hydrogen) atoms. The lowest BCUT2D eigenvalue weighted by Crippen LogP contribution is -2.14. The first-order chi connectivity index (χ1) is 14.1. The maximum absolute atomic E-state index is 13.9. The largest absolute Gasteiger partial charge is 0.441 e. The van der Waals surface area contributed by atoms with E-state index in [-0.39, 0.29) is 30.1 Å². The summed E-state index contributed by atoms with van der Waals surface area (Å²) in [5, 5.41) is 2.86. The van der Waals surface area contributed by atoms with E-state index in [0.717, 1.165) is 17.8 Å². The van der Waals surface area contributed by atoms with Crippen LogP contribution in [0.1, 0.15) is 12.3 Å². The summed E-state index contributed by atoms with van der Waals surface area (Å²) in [6, 6.07) is 10.6. The van der Waals surface area contributed by atoms with Crippen molar-refractivity contribution in [2.45, 2.75) is 12.8 Å². The smallest absolute Gasteiger partial charge is 0.224 e. The highest BCUT2D eigenvalue weighted by atomic mass is 19.1. The summed E-state index contributed by atoms with van der Waals surface area (Å²) in [7, 11) is 0. The summed E-state index contributed by atoms with van der Waals surface area (Å²) >= 11 is 0. The summed E-state index contributed by atoms with van der Waals surface area (Å²) in [5.41, 5.74) is 1.56. The van der Waals surface area contributed by atoms with Gasteiger partial charge in [0.2, 0.25) is 5.91 Å². The van der Waals surface area contributed by atoms with Crippen molar-refractivity contribution in [3.63, 3.8) is 0 Å². The molecular formula is C21H16F2N4O2. The molecule has 0 fully saturated rings. The van der Waals surface area contributed by atoms with Gasteiger partial charge in [-0.15, -0.1) is 0 Å². The maximum atomic E-state index is 13.9. The number of nitrogens with zero attached hydrogens (tertiary/aromatic N) is 3. The van der Waals surface area contributed by atoms with E-state index in [2.05, 4.69) is 15.3 Å². The minimum Gasteiger partial charge on any atom is -0.441 e. The number of oxazole rings is 1. The van der Waals surface area contributed by atoms with Crippen molar-refractivity contribution in [3.8, 4) is 17.0 Å². The van der Waals surface area contributed by atoms with Gasteiger partial charge >= 0.3 is 0 Å². The van der Waals surface area contributed by atoms with E-state index in [1.165, 1.54) is 12.3 Å². The topological polar surface area (TPSA) is 73.0 Å².